The summed E-state index contributed by atoms with van der Waals surface area (Å²) in [6, 6.07) is 0. The molecule has 2 atom stereocenters. The molecule has 0 aromatic carbocycles. The fourth-order valence-corrected chi connectivity index (χ4v) is 10.1. The minimum Gasteiger partial charge on any atom is -0.545 e. The molecule has 0 aromatic heterocycles. The Bertz CT molecular complexity index is 2390. The van der Waals surface area contributed by atoms with Gasteiger partial charge in [0.15, 0.2) is 12.4 Å². The van der Waals surface area contributed by atoms with E-state index in [9.17, 15) is 19.5 Å². The van der Waals surface area contributed by atoms with E-state index in [4.69, 9.17) is 18.9 Å². The number of rotatable bonds is 70. The number of nitrogens with zero attached hydrogens (tertiary/aromatic N) is 1. The molecule has 0 amide bonds. The molecule has 99 heavy (non-hydrogen) atoms. The van der Waals surface area contributed by atoms with E-state index in [0.29, 0.717) is 17.4 Å². The van der Waals surface area contributed by atoms with Gasteiger partial charge < -0.3 is 33.3 Å². The van der Waals surface area contributed by atoms with Crippen LogP contribution in [0, 0.1) is 0 Å². The van der Waals surface area contributed by atoms with Crippen LogP contribution in [0.3, 0.4) is 0 Å². The molecular weight excluding hydrogens is 1220 g/mol. The van der Waals surface area contributed by atoms with Crippen molar-refractivity contribution in [3.8, 4) is 0 Å². The molecule has 0 aliphatic heterocycles. The van der Waals surface area contributed by atoms with E-state index >= 15 is 0 Å². The average molecular weight is 1370 g/mol. The minimum atomic E-state index is -1.64. The van der Waals surface area contributed by atoms with Gasteiger partial charge in [-0.05, 0) is 148 Å². The summed E-state index contributed by atoms with van der Waals surface area (Å²) in [5.41, 5.74) is 0. The Hall–Kier alpha value is -6.13. The molecule has 9 nitrogen and oxygen atoms in total. The van der Waals surface area contributed by atoms with E-state index in [2.05, 4.69) is 220 Å². The molecule has 0 saturated heterocycles. The van der Waals surface area contributed by atoms with Gasteiger partial charge in [-0.2, -0.15) is 0 Å². The van der Waals surface area contributed by atoms with Crippen LogP contribution in [0.25, 0.3) is 0 Å². The predicted octanol–water partition coefficient (Wildman–Crippen LogP) is 24.1. The van der Waals surface area contributed by atoms with Crippen LogP contribution in [-0.2, 0) is 33.3 Å². The fraction of sp³-hybridized carbons (Fsp3) is 0.589. The summed E-state index contributed by atoms with van der Waals surface area (Å²) in [6.45, 7) is 4.49. The lowest BCUT2D eigenvalue weighted by Gasteiger charge is -2.26. The van der Waals surface area contributed by atoms with Crippen LogP contribution in [0.5, 0.6) is 0 Å². The molecule has 0 rings (SSSR count). The maximum absolute atomic E-state index is 13.0. The predicted molar refractivity (Wildman–Crippen MR) is 425 cm³/mol. The van der Waals surface area contributed by atoms with Gasteiger partial charge in [0.1, 0.15) is 13.2 Å². The highest BCUT2D eigenvalue weighted by molar-refractivity contribution is 5.70. The van der Waals surface area contributed by atoms with Crippen molar-refractivity contribution in [2.45, 2.75) is 296 Å². The molecule has 0 fully saturated rings. The molecule has 0 radical (unpaired) electrons. The van der Waals surface area contributed by atoms with Crippen LogP contribution < -0.4 is 5.11 Å². The minimum absolute atomic E-state index is 0.134. The summed E-state index contributed by atoms with van der Waals surface area (Å²) in [5, 5.41) is 11.9. The summed E-state index contributed by atoms with van der Waals surface area (Å²) >= 11 is 0. The van der Waals surface area contributed by atoms with Crippen molar-refractivity contribution in [2.75, 3.05) is 47.5 Å². The van der Waals surface area contributed by atoms with Crippen molar-refractivity contribution < 1.29 is 42.9 Å². The van der Waals surface area contributed by atoms with Crippen molar-refractivity contribution in [1.82, 2.24) is 0 Å². The summed E-state index contributed by atoms with van der Waals surface area (Å²) in [4.78, 5) is 37.6. The summed E-state index contributed by atoms with van der Waals surface area (Å²) in [6.07, 6.45) is 118. The Morgan fingerprint density at radius 2 is 0.545 bits per heavy atom. The number of ether oxygens (including phenoxy) is 4. The Morgan fingerprint density at radius 1 is 0.303 bits per heavy atom. The van der Waals surface area contributed by atoms with Gasteiger partial charge in [0.25, 0.3) is 0 Å². The maximum atomic E-state index is 13.0. The third-order valence-electron chi connectivity index (χ3n) is 16.0. The van der Waals surface area contributed by atoms with Crippen molar-refractivity contribution in [3.05, 3.63) is 207 Å². The van der Waals surface area contributed by atoms with E-state index in [0.717, 1.165) is 161 Å². The Balaban J connectivity index is 4.17. The van der Waals surface area contributed by atoms with Crippen molar-refractivity contribution in [1.29, 1.82) is 0 Å². The number of carboxylic acid groups (broad SMARTS) is 1. The van der Waals surface area contributed by atoms with E-state index in [1.54, 1.807) is 0 Å². The molecule has 9 heteroatoms. The SMILES string of the molecule is CC/C=C\C/C=C\C/C=C\C/C=C\C/C=C\C/C=C\C/C=C\C/C=C\C/C=C\C/C=C\C/C=C\CCCCCCCC(=O)OC(COC(=O)CCCCCCCCCCCCCCCCCC/C=C\C/C=C\C/C=C\C/C=C\C/C=C\C/C=C\CC)COC(OCC[N+](C)(C)C)C(=O)[O-]. The lowest BCUT2D eigenvalue weighted by molar-refractivity contribution is -0.870. The van der Waals surface area contributed by atoms with Crippen LogP contribution >= 0.6 is 0 Å². The van der Waals surface area contributed by atoms with E-state index in [1.165, 1.54) is 89.9 Å². The number of hydrogen-bond donors (Lipinski definition) is 0. The normalized spacial score (nSPS) is 13.8. The molecule has 2 unspecified atom stereocenters. The number of allylic oxidation sites excluding steroid dienone is 34. The molecule has 0 N–H and O–H groups in total. The zero-order chi connectivity index (χ0) is 71.8. The Morgan fingerprint density at radius 3 is 0.808 bits per heavy atom. The quantitative estimate of drug-likeness (QED) is 0.0195. The van der Waals surface area contributed by atoms with Gasteiger partial charge in [0, 0.05) is 12.8 Å². The smallest absolute Gasteiger partial charge is 0.306 e. The van der Waals surface area contributed by atoms with Gasteiger partial charge in [-0.25, -0.2) is 0 Å². The molecule has 0 aliphatic carbocycles. The first-order chi connectivity index (χ1) is 48.6. The maximum Gasteiger partial charge on any atom is 0.306 e. The van der Waals surface area contributed by atoms with E-state index < -0.39 is 24.3 Å². The third-order valence-corrected chi connectivity index (χ3v) is 16.0. The van der Waals surface area contributed by atoms with Crippen LogP contribution in [0.2, 0.25) is 0 Å². The fourth-order valence-electron chi connectivity index (χ4n) is 10.1. The number of esters is 2. The summed E-state index contributed by atoms with van der Waals surface area (Å²) in [7, 11) is 5.92. The zero-order valence-corrected chi connectivity index (χ0v) is 63.5. The van der Waals surface area contributed by atoms with E-state index in [-0.39, 0.29) is 38.6 Å². The third kappa shape index (κ3) is 79.1. The van der Waals surface area contributed by atoms with Crippen LogP contribution in [-0.4, -0.2) is 82.3 Å². The molecule has 0 aromatic rings. The van der Waals surface area contributed by atoms with Gasteiger partial charge in [-0.3, -0.25) is 9.59 Å². The number of carbonyl (C=O) groups is 3. The summed E-state index contributed by atoms with van der Waals surface area (Å²) < 4.78 is 22.8. The van der Waals surface area contributed by atoms with Crippen molar-refractivity contribution in [3.63, 3.8) is 0 Å². The number of carbonyl (C=O) groups excluding carboxylic acids is 3. The topological polar surface area (TPSA) is 111 Å². The number of likely N-dealkylation sites (N-methyl/N-ethyl adjacent to an activating group) is 1. The largest absolute Gasteiger partial charge is 0.545 e. The number of hydrogen-bond acceptors (Lipinski definition) is 8. The lowest BCUT2D eigenvalue weighted by atomic mass is 10.0. The lowest BCUT2D eigenvalue weighted by Crippen LogP contribution is -2.44. The Kier molecular flexibility index (Phi) is 72.8. The monoisotopic (exact) mass is 1370 g/mol. The zero-order valence-electron chi connectivity index (χ0n) is 63.5. The van der Waals surface area contributed by atoms with Gasteiger partial charge in [-0.1, -0.05) is 330 Å². The first-order valence-electron chi connectivity index (χ1n) is 39.2. The molecule has 556 valence electrons. The van der Waals surface area contributed by atoms with Crippen LogP contribution in [0.4, 0.5) is 0 Å². The first-order valence-corrected chi connectivity index (χ1v) is 39.2. The first kappa shape index (κ1) is 92.9. The van der Waals surface area contributed by atoms with Gasteiger partial charge in [0.05, 0.1) is 40.3 Å². The Labute approximate surface area is 607 Å². The second-order valence-corrected chi connectivity index (χ2v) is 26.5. The number of carboxylic acids is 1. The highest BCUT2D eigenvalue weighted by Gasteiger charge is 2.22. The van der Waals surface area contributed by atoms with E-state index in [1.807, 2.05) is 21.1 Å². The van der Waals surface area contributed by atoms with Crippen molar-refractivity contribution in [2.24, 2.45) is 0 Å². The number of aliphatic carboxylic acids is 1. The molecular formula is C90H143NO8. The highest BCUT2D eigenvalue weighted by Crippen LogP contribution is 2.16. The second kappa shape index (κ2) is 77.6. The second-order valence-electron chi connectivity index (χ2n) is 26.5. The van der Waals surface area contributed by atoms with Gasteiger partial charge in [0.2, 0.25) is 0 Å². The van der Waals surface area contributed by atoms with Crippen LogP contribution in [0.15, 0.2) is 207 Å². The van der Waals surface area contributed by atoms with Crippen LogP contribution in [0.1, 0.15) is 284 Å². The number of quaternary nitrogens is 1. The highest BCUT2D eigenvalue weighted by atomic mass is 16.7. The molecule has 0 aliphatic rings. The molecule has 0 spiro atoms. The van der Waals surface area contributed by atoms with Gasteiger partial charge in [-0.15, -0.1) is 0 Å². The number of unbranched alkanes of at least 4 members (excludes halogenated alkanes) is 21. The standard InChI is InChI=1S/C90H143NO8/c1-6-8-10-12-14-16-18-20-22-24-26-28-30-32-34-36-38-40-42-43-44-45-47-49-51-53-55-57-59-61-63-65-67-69-71-73-75-77-79-81-88(93)99-86(85-98-90(89(94)95)96-83-82-91(3,4)5)84-97-87(92)80-78-76-74-72-70-68-66-64-62-60-58-56-54-52-50-48-46-41-39-37-35-33-31-29-27-25-23-21-19-17-15-13-11-9-7-2/h8-11,14-17,20-23,26-29,32-35,38-41,43-44,47,49,53,55,59,61,65,67,86,90H,6-7,12-13,18-19,24-25,30-31,36-37,42,45-46,48,50-52,54,56-58,60,62-64,66,68-85H2,1-5H3/b10-8-,11-9-,16-14-,17-15-,22-20-,23-21-,28-26-,29-27-,34-32-,35-33-,40-38-,41-39-,44-43-,49-47-,55-53-,61-59-,67-65-. The average Bonchev–Trinajstić information content (AvgIpc) is 1.14. The molecule has 0 heterocycles. The van der Waals surface area contributed by atoms with Crippen molar-refractivity contribution >= 4 is 17.9 Å². The van der Waals surface area contributed by atoms with Gasteiger partial charge >= 0.3 is 11.9 Å². The molecule has 0 saturated carbocycles. The summed E-state index contributed by atoms with van der Waals surface area (Å²) in [5.74, 6) is -2.32. The molecule has 0 bridgehead atoms.